The van der Waals surface area contributed by atoms with Crippen LogP contribution in [0.4, 0.5) is 0 Å². The first-order chi connectivity index (χ1) is 9.47. The average Bonchev–Trinajstić information content (AvgIpc) is 2.81. The molecular weight excluding hydrogens is 274 g/mol. The molecule has 1 aliphatic rings. The van der Waals surface area contributed by atoms with Crippen molar-refractivity contribution < 1.29 is 8.42 Å². The largest absolute Gasteiger partial charge is 0.352 e. The fraction of sp³-hybridized carbons (Fsp3) is 0.714. The van der Waals surface area contributed by atoms with Gasteiger partial charge < -0.3 is 10.3 Å². The van der Waals surface area contributed by atoms with Crippen LogP contribution < -0.4 is 10.5 Å². The van der Waals surface area contributed by atoms with E-state index in [4.69, 9.17) is 5.73 Å². The standard InChI is InChI=1S/C14H25N3O2S/c1-3-11-6-4-5-7-14(11)16-20(18,19)13-8-12(9-15)17(2)10-13/h8,10-11,14,16H,3-7,9,15H2,1-2H3. The van der Waals surface area contributed by atoms with Crippen LogP contribution in [0.2, 0.25) is 0 Å². The van der Waals surface area contributed by atoms with Crippen molar-refractivity contribution in [1.29, 1.82) is 0 Å². The van der Waals surface area contributed by atoms with Gasteiger partial charge in [-0.05, 0) is 24.8 Å². The minimum Gasteiger partial charge on any atom is -0.352 e. The molecule has 0 radical (unpaired) electrons. The molecule has 0 aliphatic heterocycles. The highest BCUT2D eigenvalue weighted by Crippen LogP contribution is 2.28. The topological polar surface area (TPSA) is 77.1 Å². The van der Waals surface area contributed by atoms with Gasteiger partial charge in [0.1, 0.15) is 0 Å². The summed E-state index contributed by atoms with van der Waals surface area (Å²) in [4.78, 5) is 0.320. The van der Waals surface area contributed by atoms with E-state index in [2.05, 4.69) is 11.6 Å². The third kappa shape index (κ3) is 3.24. The summed E-state index contributed by atoms with van der Waals surface area (Å²) in [5.74, 6) is 0.455. The molecule has 0 aromatic carbocycles. The van der Waals surface area contributed by atoms with E-state index in [1.807, 2.05) is 7.05 Å². The lowest BCUT2D eigenvalue weighted by molar-refractivity contribution is 0.282. The Hall–Kier alpha value is -0.850. The van der Waals surface area contributed by atoms with Crippen LogP contribution in [-0.2, 0) is 23.6 Å². The SMILES string of the molecule is CCC1CCCCC1NS(=O)(=O)c1cc(CN)n(C)c1. The quantitative estimate of drug-likeness (QED) is 0.869. The smallest absolute Gasteiger partial charge is 0.242 e. The summed E-state index contributed by atoms with van der Waals surface area (Å²) < 4.78 is 29.6. The molecule has 3 N–H and O–H groups in total. The summed E-state index contributed by atoms with van der Waals surface area (Å²) in [5.41, 5.74) is 6.42. The molecule has 5 nitrogen and oxygen atoms in total. The number of nitrogens with zero attached hydrogens (tertiary/aromatic N) is 1. The maximum absolute atomic E-state index is 12.5. The van der Waals surface area contributed by atoms with Crippen molar-refractivity contribution in [3.63, 3.8) is 0 Å². The Kier molecular flexibility index (Phi) is 4.88. The van der Waals surface area contributed by atoms with E-state index in [0.29, 0.717) is 17.4 Å². The molecule has 114 valence electrons. The Morgan fingerprint density at radius 1 is 1.40 bits per heavy atom. The van der Waals surface area contributed by atoms with Gasteiger partial charge >= 0.3 is 0 Å². The second kappa shape index (κ2) is 6.28. The van der Waals surface area contributed by atoms with Gasteiger partial charge in [-0.3, -0.25) is 0 Å². The Labute approximate surface area is 121 Å². The third-order valence-electron chi connectivity index (χ3n) is 4.34. The van der Waals surface area contributed by atoms with E-state index < -0.39 is 10.0 Å². The summed E-state index contributed by atoms with van der Waals surface area (Å²) in [7, 11) is -1.62. The summed E-state index contributed by atoms with van der Waals surface area (Å²) in [5, 5.41) is 0. The Bertz CT molecular complexity index is 551. The number of aryl methyl sites for hydroxylation is 1. The molecule has 2 unspecified atom stereocenters. The zero-order valence-corrected chi connectivity index (χ0v) is 13.1. The zero-order chi connectivity index (χ0) is 14.8. The predicted molar refractivity (Wildman–Crippen MR) is 79.7 cm³/mol. The van der Waals surface area contributed by atoms with Gasteiger partial charge in [0.2, 0.25) is 10.0 Å². The van der Waals surface area contributed by atoms with Crippen LogP contribution in [0.25, 0.3) is 0 Å². The van der Waals surface area contributed by atoms with Crippen molar-refractivity contribution >= 4 is 10.0 Å². The predicted octanol–water partition coefficient (Wildman–Crippen LogP) is 1.73. The van der Waals surface area contributed by atoms with Crippen molar-refractivity contribution in [1.82, 2.24) is 9.29 Å². The molecule has 0 spiro atoms. The Morgan fingerprint density at radius 3 is 2.70 bits per heavy atom. The molecule has 2 atom stereocenters. The van der Waals surface area contributed by atoms with Crippen molar-refractivity contribution in [3.8, 4) is 0 Å². The van der Waals surface area contributed by atoms with Crippen LogP contribution in [0.1, 0.15) is 44.7 Å². The lowest BCUT2D eigenvalue weighted by Gasteiger charge is -2.31. The number of hydrogen-bond donors (Lipinski definition) is 2. The monoisotopic (exact) mass is 299 g/mol. The minimum absolute atomic E-state index is 0.0697. The van der Waals surface area contributed by atoms with Gasteiger partial charge in [-0.25, -0.2) is 13.1 Å². The van der Waals surface area contributed by atoms with Gasteiger partial charge in [-0.2, -0.15) is 0 Å². The summed E-state index contributed by atoms with van der Waals surface area (Å²) in [6.07, 6.45) is 7.02. The molecule has 1 aromatic rings. The molecule has 1 saturated carbocycles. The second-order valence-corrected chi connectivity index (χ2v) is 7.38. The third-order valence-corrected chi connectivity index (χ3v) is 5.80. The molecule has 1 aromatic heterocycles. The molecule has 20 heavy (non-hydrogen) atoms. The van der Waals surface area contributed by atoms with Gasteiger partial charge in [-0.15, -0.1) is 0 Å². The number of nitrogens with two attached hydrogens (primary N) is 1. The average molecular weight is 299 g/mol. The molecular formula is C14H25N3O2S. The fourth-order valence-corrected chi connectivity index (χ4v) is 4.48. The van der Waals surface area contributed by atoms with Gasteiger partial charge in [0, 0.05) is 31.5 Å². The number of aromatic nitrogens is 1. The lowest BCUT2D eigenvalue weighted by atomic mass is 9.83. The maximum Gasteiger partial charge on any atom is 0.242 e. The molecule has 0 saturated heterocycles. The van der Waals surface area contributed by atoms with Gasteiger partial charge in [0.05, 0.1) is 4.90 Å². The molecule has 0 bridgehead atoms. The normalized spacial score (nSPS) is 23.9. The molecule has 1 fully saturated rings. The van der Waals surface area contributed by atoms with Crippen molar-refractivity contribution in [2.75, 3.05) is 0 Å². The minimum atomic E-state index is -3.44. The Morgan fingerprint density at radius 2 is 2.10 bits per heavy atom. The van der Waals surface area contributed by atoms with Crippen molar-refractivity contribution in [2.45, 2.75) is 56.5 Å². The molecule has 1 heterocycles. The first-order valence-electron chi connectivity index (χ1n) is 7.35. The van der Waals surface area contributed by atoms with Crippen molar-refractivity contribution in [3.05, 3.63) is 18.0 Å². The molecule has 0 amide bonds. The summed E-state index contributed by atoms with van der Waals surface area (Å²) >= 11 is 0. The van der Waals surface area contributed by atoms with E-state index >= 15 is 0 Å². The van der Waals surface area contributed by atoms with E-state index in [9.17, 15) is 8.42 Å². The van der Waals surface area contributed by atoms with Crippen LogP contribution in [0.5, 0.6) is 0 Å². The number of nitrogens with one attached hydrogen (secondary N) is 1. The molecule has 6 heteroatoms. The van der Waals surface area contributed by atoms with Crippen LogP contribution in [0.15, 0.2) is 17.2 Å². The maximum atomic E-state index is 12.5. The van der Waals surface area contributed by atoms with Crippen LogP contribution in [0, 0.1) is 5.92 Å². The van der Waals surface area contributed by atoms with E-state index in [1.165, 1.54) is 6.42 Å². The fourth-order valence-electron chi connectivity index (χ4n) is 3.05. The van der Waals surface area contributed by atoms with Crippen LogP contribution >= 0.6 is 0 Å². The molecule has 1 aliphatic carbocycles. The van der Waals surface area contributed by atoms with E-state index in [-0.39, 0.29) is 6.04 Å². The highest BCUT2D eigenvalue weighted by molar-refractivity contribution is 7.89. The zero-order valence-electron chi connectivity index (χ0n) is 12.3. The van der Waals surface area contributed by atoms with Crippen molar-refractivity contribution in [2.24, 2.45) is 18.7 Å². The van der Waals surface area contributed by atoms with E-state index in [1.54, 1.807) is 16.8 Å². The highest BCUT2D eigenvalue weighted by atomic mass is 32.2. The van der Waals surface area contributed by atoms with Gasteiger partial charge in [0.25, 0.3) is 0 Å². The first-order valence-corrected chi connectivity index (χ1v) is 8.84. The van der Waals surface area contributed by atoms with Crippen LogP contribution in [-0.4, -0.2) is 19.0 Å². The van der Waals surface area contributed by atoms with Gasteiger partial charge in [-0.1, -0.05) is 26.2 Å². The summed E-state index contributed by atoms with van der Waals surface area (Å²) in [6, 6.07) is 1.73. The number of hydrogen-bond acceptors (Lipinski definition) is 3. The first kappa shape index (κ1) is 15.5. The lowest BCUT2D eigenvalue weighted by Crippen LogP contribution is -2.41. The second-order valence-electron chi connectivity index (χ2n) is 5.66. The molecule has 2 rings (SSSR count). The highest BCUT2D eigenvalue weighted by Gasteiger charge is 2.29. The Balaban J connectivity index is 2.17. The van der Waals surface area contributed by atoms with Gasteiger partial charge in [0.15, 0.2) is 0 Å². The summed E-state index contributed by atoms with van der Waals surface area (Å²) in [6.45, 7) is 2.47. The van der Waals surface area contributed by atoms with E-state index in [0.717, 1.165) is 31.4 Å². The number of sulfonamides is 1. The van der Waals surface area contributed by atoms with Crippen LogP contribution in [0.3, 0.4) is 0 Å². The number of rotatable bonds is 5.